The molecule has 0 aliphatic heterocycles. The van der Waals surface area contributed by atoms with E-state index in [0.717, 1.165) is 46.1 Å². The first-order chi connectivity index (χ1) is 14.5. The van der Waals surface area contributed by atoms with Crippen molar-refractivity contribution in [2.24, 2.45) is 0 Å². The fraction of sp³-hybridized carbons (Fsp3) is 0.333. The maximum absolute atomic E-state index is 13.5. The quantitative estimate of drug-likeness (QED) is 0.510. The van der Waals surface area contributed by atoms with Crippen molar-refractivity contribution < 1.29 is 9.18 Å². The number of halogens is 1. The summed E-state index contributed by atoms with van der Waals surface area (Å²) in [7, 11) is 0. The Bertz CT molecular complexity index is 1350. The summed E-state index contributed by atoms with van der Waals surface area (Å²) >= 11 is 1.67. The number of carbonyl (C=O) groups excluding carboxylic acids is 1. The van der Waals surface area contributed by atoms with Gasteiger partial charge in [-0.05, 0) is 55.9 Å². The molecule has 7 nitrogen and oxygen atoms in total. The Morgan fingerprint density at radius 1 is 1.27 bits per heavy atom. The number of rotatable bonds is 3. The van der Waals surface area contributed by atoms with E-state index in [9.17, 15) is 14.0 Å². The predicted octanol–water partition coefficient (Wildman–Crippen LogP) is 3.46. The van der Waals surface area contributed by atoms with Gasteiger partial charge in [0.1, 0.15) is 23.5 Å². The molecule has 1 aliphatic rings. The first-order valence-corrected chi connectivity index (χ1v) is 10.8. The normalized spacial score (nSPS) is 14.1. The Labute approximate surface area is 175 Å². The molecule has 0 bridgehead atoms. The van der Waals surface area contributed by atoms with Crippen molar-refractivity contribution in [2.45, 2.75) is 45.6 Å². The van der Waals surface area contributed by atoms with Gasteiger partial charge in [0.25, 0.3) is 0 Å². The van der Waals surface area contributed by atoms with Crippen LogP contribution in [0, 0.1) is 12.7 Å². The molecule has 30 heavy (non-hydrogen) atoms. The van der Waals surface area contributed by atoms with E-state index in [1.807, 2.05) is 0 Å². The Morgan fingerprint density at radius 3 is 2.97 bits per heavy atom. The summed E-state index contributed by atoms with van der Waals surface area (Å²) in [5.41, 5.74) is 2.48. The molecule has 0 radical (unpaired) electrons. The van der Waals surface area contributed by atoms with Crippen LogP contribution in [-0.4, -0.2) is 25.1 Å². The first-order valence-electron chi connectivity index (χ1n) is 9.95. The highest BCUT2D eigenvalue weighted by atomic mass is 32.1. The molecule has 1 amide bonds. The molecule has 1 aromatic carbocycles. The average molecular weight is 425 g/mol. The second-order valence-corrected chi connectivity index (χ2v) is 8.71. The van der Waals surface area contributed by atoms with Crippen LogP contribution in [0.1, 0.15) is 35.3 Å². The van der Waals surface area contributed by atoms with Crippen molar-refractivity contribution in [3.05, 3.63) is 56.8 Å². The zero-order valence-electron chi connectivity index (χ0n) is 16.4. The largest absolute Gasteiger partial charge is 0.352 e. The lowest BCUT2D eigenvalue weighted by Gasteiger charge is -2.07. The summed E-state index contributed by atoms with van der Waals surface area (Å²) in [6.45, 7) is 1.51. The number of nitrogens with one attached hydrogen (secondary N) is 1. The van der Waals surface area contributed by atoms with E-state index >= 15 is 0 Å². The molecule has 4 aromatic rings. The molecule has 0 saturated carbocycles. The van der Waals surface area contributed by atoms with Crippen molar-refractivity contribution in [3.63, 3.8) is 0 Å². The Hall–Kier alpha value is -3.07. The van der Waals surface area contributed by atoms with E-state index in [0.29, 0.717) is 11.3 Å². The molecule has 154 valence electrons. The molecule has 0 spiro atoms. The van der Waals surface area contributed by atoms with Crippen molar-refractivity contribution in [2.75, 3.05) is 5.32 Å². The van der Waals surface area contributed by atoms with E-state index in [1.54, 1.807) is 24.3 Å². The lowest BCUT2D eigenvalue weighted by atomic mass is 10.1. The second-order valence-electron chi connectivity index (χ2n) is 7.63. The van der Waals surface area contributed by atoms with Crippen molar-refractivity contribution in [1.29, 1.82) is 0 Å². The van der Waals surface area contributed by atoms with Gasteiger partial charge in [0.15, 0.2) is 5.65 Å². The first kappa shape index (κ1) is 18.9. The third kappa shape index (κ3) is 3.19. The van der Waals surface area contributed by atoms with Gasteiger partial charge in [0.05, 0.1) is 5.39 Å². The van der Waals surface area contributed by atoms with Crippen LogP contribution in [0.25, 0.3) is 15.9 Å². The van der Waals surface area contributed by atoms with Gasteiger partial charge < -0.3 is 5.32 Å². The number of hydrogen-bond acceptors (Lipinski definition) is 5. The highest BCUT2D eigenvalue weighted by molar-refractivity contribution is 7.19. The summed E-state index contributed by atoms with van der Waals surface area (Å²) < 4.78 is 16.0. The molecule has 0 fully saturated rings. The lowest BCUT2D eigenvalue weighted by molar-refractivity contribution is -0.117. The zero-order chi connectivity index (χ0) is 20.8. The molecule has 1 aliphatic carbocycles. The van der Waals surface area contributed by atoms with Gasteiger partial charge in [-0.3, -0.25) is 4.79 Å². The maximum atomic E-state index is 13.5. The van der Waals surface area contributed by atoms with E-state index in [-0.39, 0.29) is 6.54 Å². The topological polar surface area (TPSA) is 81.3 Å². The number of benzene rings is 1. The molecule has 3 aromatic heterocycles. The van der Waals surface area contributed by atoms with E-state index in [4.69, 9.17) is 0 Å². The van der Waals surface area contributed by atoms with Gasteiger partial charge in [0, 0.05) is 10.6 Å². The molecule has 3 heterocycles. The zero-order valence-corrected chi connectivity index (χ0v) is 17.3. The summed E-state index contributed by atoms with van der Waals surface area (Å²) in [5.74, 6) is -0.880. The number of carbonyl (C=O) groups is 1. The van der Waals surface area contributed by atoms with Crippen molar-refractivity contribution >= 4 is 38.8 Å². The van der Waals surface area contributed by atoms with E-state index in [1.165, 1.54) is 39.7 Å². The van der Waals surface area contributed by atoms with Crippen LogP contribution >= 0.6 is 11.3 Å². The van der Waals surface area contributed by atoms with Crippen LogP contribution < -0.4 is 11.0 Å². The van der Waals surface area contributed by atoms with Crippen LogP contribution in [0.3, 0.4) is 0 Å². The number of anilines is 1. The van der Waals surface area contributed by atoms with E-state index < -0.39 is 17.4 Å². The van der Waals surface area contributed by atoms with Gasteiger partial charge in [-0.25, -0.2) is 23.3 Å². The van der Waals surface area contributed by atoms with Gasteiger partial charge in [-0.1, -0.05) is 12.5 Å². The fourth-order valence-corrected chi connectivity index (χ4v) is 5.24. The summed E-state index contributed by atoms with van der Waals surface area (Å²) in [5, 5.41) is 8.06. The molecule has 0 atom stereocenters. The number of amides is 1. The van der Waals surface area contributed by atoms with Gasteiger partial charge in [-0.15, -0.1) is 16.4 Å². The minimum absolute atomic E-state index is 0.260. The van der Waals surface area contributed by atoms with E-state index in [2.05, 4.69) is 15.4 Å². The Morgan fingerprint density at radius 2 is 2.10 bits per heavy atom. The standard InChI is InChI=1S/C21H20FN5O2S/c1-12-7-8-13(22)9-15(12)24-17(28)10-27-21(29)26-11-23-20-18(19(26)25-27)14-5-3-2-4-6-16(14)30-20/h7-9,11H,2-6,10H2,1H3,(H,24,28). The molecule has 1 N–H and O–H groups in total. The Kier molecular flexibility index (Phi) is 4.62. The van der Waals surface area contributed by atoms with Crippen LogP contribution in [-0.2, 0) is 24.2 Å². The van der Waals surface area contributed by atoms with Crippen molar-refractivity contribution in [1.82, 2.24) is 19.2 Å². The van der Waals surface area contributed by atoms with Gasteiger partial charge in [-0.2, -0.15) is 0 Å². The smallest absolute Gasteiger partial charge is 0.324 e. The highest BCUT2D eigenvalue weighted by Gasteiger charge is 2.21. The molecule has 0 unspecified atom stereocenters. The molecular formula is C21H20FN5O2S. The predicted molar refractivity (Wildman–Crippen MR) is 114 cm³/mol. The number of aryl methyl sites for hydroxylation is 3. The number of nitrogens with zero attached hydrogens (tertiary/aromatic N) is 4. The molecule has 5 rings (SSSR count). The van der Waals surface area contributed by atoms with Gasteiger partial charge in [0.2, 0.25) is 5.91 Å². The second kappa shape index (κ2) is 7.32. The highest BCUT2D eigenvalue weighted by Crippen LogP contribution is 2.35. The average Bonchev–Trinajstić information content (AvgIpc) is 3.12. The van der Waals surface area contributed by atoms with Crippen LogP contribution in [0.15, 0.2) is 29.3 Å². The maximum Gasteiger partial charge on any atom is 0.352 e. The van der Waals surface area contributed by atoms with Crippen LogP contribution in [0.4, 0.5) is 10.1 Å². The number of aromatic nitrogens is 4. The third-order valence-electron chi connectivity index (χ3n) is 5.55. The van der Waals surface area contributed by atoms with Crippen LogP contribution in [0.5, 0.6) is 0 Å². The molecule has 9 heteroatoms. The number of hydrogen-bond donors (Lipinski definition) is 1. The summed E-state index contributed by atoms with van der Waals surface area (Å²) in [4.78, 5) is 32.0. The summed E-state index contributed by atoms with van der Waals surface area (Å²) in [6, 6.07) is 4.18. The SMILES string of the molecule is Cc1ccc(F)cc1NC(=O)Cn1nc2c3c4c(sc3ncn2c1=O)CCCCC4. The summed E-state index contributed by atoms with van der Waals surface area (Å²) in [6.07, 6.45) is 6.94. The minimum atomic E-state index is -0.442. The monoisotopic (exact) mass is 425 g/mol. The number of thiophene rings is 1. The minimum Gasteiger partial charge on any atom is -0.324 e. The number of fused-ring (bicyclic) bond motifs is 5. The van der Waals surface area contributed by atoms with Crippen LogP contribution in [0.2, 0.25) is 0 Å². The Balaban J connectivity index is 1.52. The molecular weight excluding hydrogens is 405 g/mol. The lowest BCUT2D eigenvalue weighted by Crippen LogP contribution is -2.28. The third-order valence-corrected chi connectivity index (χ3v) is 6.75. The molecule has 0 saturated heterocycles. The fourth-order valence-electron chi connectivity index (χ4n) is 4.01. The van der Waals surface area contributed by atoms with Crippen molar-refractivity contribution in [3.8, 4) is 0 Å². The van der Waals surface area contributed by atoms with Gasteiger partial charge >= 0.3 is 5.69 Å².